The number of carbonyl (C=O) groups is 1. The zero-order chi connectivity index (χ0) is 17.8. The van der Waals surface area contributed by atoms with Crippen LogP contribution in [0.25, 0.3) is 5.65 Å². The number of nitrogens with one attached hydrogen (secondary N) is 1. The van der Waals surface area contributed by atoms with Crippen LogP contribution in [0, 0.1) is 0 Å². The van der Waals surface area contributed by atoms with Gasteiger partial charge in [-0.25, -0.2) is 4.98 Å². The molecule has 0 saturated heterocycles. The van der Waals surface area contributed by atoms with Crippen molar-refractivity contribution in [2.75, 3.05) is 6.54 Å². The van der Waals surface area contributed by atoms with Gasteiger partial charge in [0, 0.05) is 30.7 Å². The summed E-state index contributed by atoms with van der Waals surface area (Å²) in [6.45, 7) is -3.01. The van der Waals surface area contributed by atoms with Crippen LogP contribution in [-0.4, -0.2) is 33.6 Å². The standard InChI is InChI=1S/C17H15F2N3O3/c18-17(19)25-13-3-1-2-11(8-13)14(23)10-21-16(24)12-4-6-22-7-5-20-15(22)9-12/h1-9,14,17,23H,10H2,(H,21,24). The van der Waals surface area contributed by atoms with Gasteiger partial charge < -0.3 is 19.6 Å². The van der Waals surface area contributed by atoms with Crippen LogP contribution in [0.3, 0.4) is 0 Å². The summed E-state index contributed by atoms with van der Waals surface area (Å²) in [5, 5.41) is 12.7. The number of hydrogen-bond acceptors (Lipinski definition) is 4. The number of imidazole rings is 1. The van der Waals surface area contributed by atoms with Crippen LogP contribution >= 0.6 is 0 Å². The molecule has 1 atom stereocenters. The minimum Gasteiger partial charge on any atom is -0.435 e. The molecule has 8 heteroatoms. The number of alkyl halides is 2. The normalized spacial score (nSPS) is 12.3. The van der Waals surface area contributed by atoms with E-state index >= 15 is 0 Å². The van der Waals surface area contributed by atoms with Crippen LogP contribution in [0.5, 0.6) is 5.75 Å². The van der Waals surface area contributed by atoms with Gasteiger partial charge in [0.25, 0.3) is 5.91 Å². The molecule has 1 aromatic carbocycles. The number of nitrogens with zero attached hydrogens (tertiary/aromatic N) is 2. The molecule has 0 radical (unpaired) electrons. The number of rotatable bonds is 6. The molecule has 3 rings (SSSR count). The molecule has 2 N–H and O–H groups in total. The Morgan fingerprint density at radius 2 is 2.12 bits per heavy atom. The van der Waals surface area contributed by atoms with Crippen molar-refractivity contribution in [3.63, 3.8) is 0 Å². The second kappa shape index (κ2) is 7.27. The number of hydrogen-bond donors (Lipinski definition) is 2. The minimum atomic E-state index is -2.94. The van der Waals surface area contributed by atoms with Crippen LogP contribution < -0.4 is 10.1 Å². The number of aliphatic hydroxyl groups excluding tert-OH is 1. The molecule has 0 aliphatic carbocycles. The van der Waals surface area contributed by atoms with E-state index in [4.69, 9.17) is 0 Å². The van der Waals surface area contributed by atoms with Crippen molar-refractivity contribution in [2.24, 2.45) is 0 Å². The molecule has 0 aliphatic heterocycles. The highest BCUT2D eigenvalue weighted by Crippen LogP contribution is 2.20. The molecule has 0 bridgehead atoms. The van der Waals surface area contributed by atoms with E-state index in [1.807, 2.05) is 0 Å². The maximum Gasteiger partial charge on any atom is 0.387 e. The lowest BCUT2D eigenvalue weighted by Crippen LogP contribution is -2.28. The predicted octanol–water partition coefficient (Wildman–Crippen LogP) is 2.40. The lowest BCUT2D eigenvalue weighted by Gasteiger charge is -2.14. The maximum absolute atomic E-state index is 12.2. The molecule has 2 heterocycles. The number of aliphatic hydroxyl groups is 1. The first-order chi connectivity index (χ1) is 12.0. The number of pyridine rings is 1. The highest BCUT2D eigenvalue weighted by Gasteiger charge is 2.13. The van der Waals surface area contributed by atoms with Gasteiger partial charge in [-0.2, -0.15) is 8.78 Å². The van der Waals surface area contributed by atoms with Crippen molar-refractivity contribution >= 4 is 11.6 Å². The van der Waals surface area contributed by atoms with Crippen LogP contribution in [0.15, 0.2) is 55.0 Å². The van der Waals surface area contributed by atoms with Crippen molar-refractivity contribution in [1.82, 2.24) is 14.7 Å². The average molecular weight is 347 g/mol. The van der Waals surface area contributed by atoms with Crippen molar-refractivity contribution in [1.29, 1.82) is 0 Å². The van der Waals surface area contributed by atoms with Gasteiger partial charge in [0.15, 0.2) is 0 Å². The molecule has 3 aromatic rings. The number of aromatic nitrogens is 2. The van der Waals surface area contributed by atoms with Crippen molar-refractivity contribution in [3.8, 4) is 5.75 Å². The molecular weight excluding hydrogens is 332 g/mol. The summed E-state index contributed by atoms with van der Waals surface area (Å²) in [4.78, 5) is 16.3. The summed E-state index contributed by atoms with van der Waals surface area (Å²) in [5.74, 6) is -0.424. The topological polar surface area (TPSA) is 75.9 Å². The predicted molar refractivity (Wildman–Crippen MR) is 85.6 cm³/mol. The fourth-order valence-corrected chi connectivity index (χ4v) is 2.36. The Morgan fingerprint density at radius 1 is 1.28 bits per heavy atom. The van der Waals surface area contributed by atoms with Gasteiger partial charge in [0.2, 0.25) is 0 Å². The van der Waals surface area contributed by atoms with Gasteiger partial charge in [0.1, 0.15) is 11.4 Å². The zero-order valence-corrected chi connectivity index (χ0v) is 13.0. The van der Waals surface area contributed by atoms with Crippen molar-refractivity contribution in [2.45, 2.75) is 12.7 Å². The molecule has 1 unspecified atom stereocenters. The van der Waals surface area contributed by atoms with Gasteiger partial charge in [-0.1, -0.05) is 12.1 Å². The lowest BCUT2D eigenvalue weighted by molar-refractivity contribution is -0.0499. The number of carbonyl (C=O) groups excluding carboxylic acids is 1. The molecule has 0 fully saturated rings. The minimum absolute atomic E-state index is 0.0531. The zero-order valence-electron chi connectivity index (χ0n) is 13.0. The average Bonchev–Trinajstić information content (AvgIpc) is 3.06. The van der Waals surface area contributed by atoms with Crippen molar-refractivity contribution in [3.05, 3.63) is 66.1 Å². The van der Waals surface area contributed by atoms with Crippen LogP contribution in [0.4, 0.5) is 8.78 Å². The van der Waals surface area contributed by atoms with E-state index in [1.54, 1.807) is 41.2 Å². The highest BCUT2D eigenvalue weighted by atomic mass is 19.3. The number of halogens is 2. The summed E-state index contributed by atoms with van der Waals surface area (Å²) in [6.07, 6.45) is 4.03. The molecule has 1 amide bonds. The van der Waals surface area contributed by atoms with E-state index < -0.39 is 12.7 Å². The van der Waals surface area contributed by atoms with E-state index in [9.17, 15) is 18.7 Å². The molecule has 6 nitrogen and oxygen atoms in total. The molecule has 2 aromatic heterocycles. The second-order valence-electron chi connectivity index (χ2n) is 5.28. The molecule has 0 saturated carbocycles. The SMILES string of the molecule is O=C(NCC(O)c1cccc(OC(F)F)c1)c1ccn2ccnc2c1. The molecule has 130 valence electrons. The summed E-state index contributed by atoms with van der Waals surface area (Å²) >= 11 is 0. The van der Waals surface area contributed by atoms with E-state index in [1.165, 1.54) is 18.2 Å². The Bertz CT molecular complexity index is 882. The van der Waals surface area contributed by atoms with Gasteiger partial charge in [-0.3, -0.25) is 4.79 Å². The Balaban J connectivity index is 1.63. The van der Waals surface area contributed by atoms with Gasteiger partial charge >= 0.3 is 6.61 Å². The Morgan fingerprint density at radius 3 is 2.92 bits per heavy atom. The largest absolute Gasteiger partial charge is 0.435 e. The third kappa shape index (κ3) is 4.10. The Kier molecular flexibility index (Phi) is 4.90. The van der Waals surface area contributed by atoms with Crippen LogP contribution in [0.2, 0.25) is 0 Å². The summed E-state index contributed by atoms with van der Waals surface area (Å²) < 4.78 is 30.5. The Hall–Kier alpha value is -3.00. The van der Waals surface area contributed by atoms with E-state index in [0.29, 0.717) is 16.8 Å². The van der Waals surface area contributed by atoms with E-state index in [2.05, 4.69) is 15.0 Å². The first-order valence-electron chi connectivity index (χ1n) is 7.46. The van der Waals surface area contributed by atoms with Crippen LogP contribution in [-0.2, 0) is 0 Å². The summed E-state index contributed by atoms with van der Waals surface area (Å²) in [5.41, 5.74) is 1.40. The first kappa shape index (κ1) is 16.8. The van der Waals surface area contributed by atoms with Gasteiger partial charge in [-0.15, -0.1) is 0 Å². The maximum atomic E-state index is 12.2. The summed E-state index contributed by atoms with van der Waals surface area (Å²) in [6, 6.07) is 8.97. The number of benzene rings is 1. The van der Waals surface area contributed by atoms with E-state index in [0.717, 1.165) is 0 Å². The van der Waals surface area contributed by atoms with Gasteiger partial charge in [-0.05, 0) is 29.8 Å². The third-order valence-corrected chi connectivity index (χ3v) is 3.58. The third-order valence-electron chi connectivity index (χ3n) is 3.58. The monoisotopic (exact) mass is 347 g/mol. The fourth-order valence-electron chi connectivity index (χ4n) is 2.36. The fraction of sp³-hybridized carbons (Fsp3) is 0.176. The second-order valence-corrected chi connectivity index (χ2v) is 5.28. The molecule has 0 spiro atoms. The first-order valence-corrected chi connectivity index (χ1v) is 7.46. The number of fused-ring (bicyclic) bond motifs is 1. The quantitative estimate of drug-likeness (QED) is 0.718. The van der Waals surface area contributed by atoms with Crippen LogP contribution in [0.1, 0.15) is 22.0 Å². The number of amides is 1. The Labute approximate surface area is 141 Å². The van der Waals surface area contributed by atoms with Crippen molar-refractivity contribution < 1.29 is 23.4 Å². The molecular formula is C17H15F2N3O3. The van der Waals surface area contributed by atoms with E-state index in [-0.39, 0.29) is 18.2 Å². The lowest BCUT2D eigenvalue weighted by atomic mass is 10.1. The highest BCUT2D eigenvalue weighted by molar-refractivity contribution is 5.95. The number of ether oxygens (including phenoxy) is 1. The van der Waals surface area contributed by atoms with Gasteiger partial charge in [0.05, 0.1) is 6.10 Å². The smallest absolute Gasteiger partial charge is 0.387 e. The summed E-state index contributed by atoms with van der Waals surface area (Å²) in [7, 11) is 0. The molecule has 25 heavy (non-hydrogen) atoms. The molecule has 0 aliphatic rings.